The van der Waals surface area contributed by atoms with E-state index in [0.717, 1.165) is 10.6 Å². The van der Waals surface area contributed by atoms with Crippen LogP contribution in [0.15, 0.2) is 24.3 Å². The molecule has 0 aliphatic carbocycles. The summed E-state index contributed by atoms with van der Waals surface area (Å²) in [5.74, 6) is -0.156. The number of aromatic nitrogens is 1. The summed E-state index contributed by atoms with van der Waals surface area (Å²) in [5.41, 5.74) is 1.59. The Labute approximate surface area is 136 Å². The fraction of sp³-hybridized carbons (Fsp3) is 0.267. The van der Waals surface area contributed by atoms with Crippen LogP contribution in [-0.2, 0) is 17.8 Å². The SMILES string of the molecule is CC(=O)Nc1nc2c(s1)CN(C(=O)c1ccc(Cl)cc1)CC2. The van der Waals surface area contributed by atoms with Crippen molar-refractivity contribution in [3.63, 3.8) is 0 Å². The predicted octanol–water partition coefficient (Wildman–Crippen LogP) is 2.95. The van der Waals surface area contributed by atoms with Crippen LogP contribution in [0.1, 0.15) is 27.9 Å². The molecule has 0 saturated carbocycles. The number of nitrogens with one attached hydrogen (secondary N) is 1. The standard InChI is InChI=1S/C15H14ClN3O2S/c1-9(20)17-15-18-12-6-7-19(8-13(12)22-15)14(21)10-2-4-11(16)5-3-10/h2-5H,6-8H2,1H3,(H,17,18,20). The smallest absolute Gasteiger partial charge is 0.254 e. The summed E-state index contributed by atoms with van der Waals surface area (Å²) in [7, 11) is 0. The van der Waals surface area contributed by atoms with Gasteiger partial charge in [-0.1, -0.05) is 22.9 Å². The minimum Gasteiger partial charge on any atom is -0.333 e. The summed E-state index contributed by atoms with van der Waals surface area (Å²) < 4.78 is 0. The van der Waals surface area contributed by atoms with Crippen molar-refractivity contribution >= 4 is 39.9 Å². The zero-order valence-electron chi connectivity index (χ0n) is 11.9. The van der Waals surface area contributed by atoms with E-state index in [-0.39, 0.29) is 11.8 Å². The first kappa shape index (κ1) is 15.0. The summed E-state index contributed by atoms with van der Waals surface area (Å²) in [6.45, 7) is 2.60. The number of nitrogens with zero attached hydrogens (tertiary/aromatic N) is 2. The van der Waals surface area contributed by atoms with Gasteiger partial charge in [-0.2, -0.15) is 0 Å². The highest BCUT2D eigenvalue weighted by molar-refractivity contribution is 7.15. The Balaban J connectivity index is 1.76. The van der Waals surface area contributed by atoms with Crippen LogP contribution >= 0.6 is 22.9 Å². The number of carbonyl (C=O) groups is 2. The first-order valence-corrected chi connectivity index (χ1v) is 8.03. The van der Waals surface area contributed by atoms with E-state index in [0.29, 0.717) is 35.2 Å². The molecule has 0 saturated heterocycles. The van der Waals surface area contributed by atoms with E-state index in [9.17, 15) is 9.59 Å². The fourth-order valence-corrected chi connectivity index (χ4v) is 3.54. The van der Waals surface area contributed by atoms with Gasteiger partial charge in [-0.05, 0) is 24.3 Å². The Hall–Kier alpha value is -1.92. The molecular weight excluding hydrogens is 322 g/mol. The van der Waals surface area contributed by atoms with Crippen LogP contribution in [0.5, 0.6) is 0 Å². The summed E-state index contributed by atoms with van der Waals surface area (Å²) in [6.07, 6.45) is 0.699. The summed E-state index contributed by atoms with van der Waals surface area (Å²) in [4.78, 5) is 30.8. The molecule has 114 valence electrons. The highest BCUT2D eigenvalue weighted by Gasteiger charge is 2.25. The molecule has 2 amide bonds. The van der Waals surface area contributed by atoms with Crippen LogP contribution in [-0.4, -0.2) is 28.2 Å². The van der Waals surface area contributed by atoms with Crippen LogP contribution in [0.2, 0.25) is 5.02 Å². The number of carbonyl (C=O) groups excluding carboxylic acids is 2. The third-order valence-electron chi connectivity index (χ3n) is 3.39. The first-order chi connectivity index (χ1) is 10.5. The molecule has 1 aromatic heterocycles. The summed E-state index contributed by atoms with van der Waals surface area (Å²) in [6, 6.07) is 6.89. The van der Waals surface area contributed by atoms with Gasteiger partial charge in [-0.3, -0.25) is 9.59 Å². The second-order valence-electron chi connectivity index (χ2n) is 5.05. The quantitative estimate of drug-likeness (QED) is 0.917. The molecule has 0 unspecified atom stereocenters. The van der Waals surface area contributed by atoms with Gasteiger partial charge in [0.25, 0.3) is 5.91 Å². The largest absolute Gasteiger partial charge is 0.333 e. The van der Waals surface area contributed by atoms with Gasteiger partial charge in [0.05, 0.1) is 12.2 Å². The third kappa shape index (κ3) is 3.13. The maximum atomic E-state index is 12.5. The van der Waals surface area contributed by atoms with E-state index in [4.69, 9.17) is 11.6 Å². The summed E-state index contributed by atoms with van der Waals surface area (Å²) >= 11 is 7.27. The van der Waals surface area contributed by atoms with E-state index < -0.39 is 0 Å². The maximum absolute atomic E-state index is 12.5. The molecule has 1 aliphatic rings. The minimum absolute atomic E-state index is 0.0169. The van der Waals surface area contributed by atoms with Crippen molar-refractivity contribution in [1.29, 1.82) is 0 Å². The van der Waals surface area contributed by atoms with Gasteiger partial charge in [-0.15, -0.1) is 0 Å². The second-order valence-corrected chi connectivity index (χ2v) is 6.57. The van der Waals surface area contributed by atoms with Gasteiger partial charge in [0.1, 0.15) is 0 Å². The molecule has 5 nitrogen and oxygen atoms in total. The van der Waals surface area contributed by atoms with Crippen molar-refractivity contribution in [3.05, 3.63) is 45.4 Å². The topological polar surface area (TPSA) is 62.3 Å². The maximum Gasteiger partial charge on any atom is 0.254 e. The van der Waals surface area contributed by atoms with E-state index >= 15 is 0 Å². The lowest BCUT2D eigenvalue weighted by Crippen LogP contribution is -2.35. The highest BCUT2D eigenvalue weighted by atomic mass is 35.5. The molecule has 0 bridgehead atoms. The third-order valence-corrected chi connectivity index (χ3v) is 4.64. The van der Waals surface area contributed by atoms with Crippen molar-refractivity contribution in [2.45, 2.75) is 19.9 Å². The average molecular weight is 336 g/mol. The Morgan fingerprint density at radius 1 is 1.32 bits per heavy atom. The molecular formula is C15H14ClN3O2S. The minimum atomic E-state index is -0.139. The molecule has 0 fully saturated rings. The van der Waals surface area contributed by atoms with Crippen molar-refractivity contribution in [3.8, 4) is 0 Å². The van der Waals surface area contributed by atoms with Crippen molar-refractivity contribution in [2.24, 2.45) is 0 Å². The molecule has 22 heavy (non-hydrogen) atoms. The Kier molecular flexibility index (Phi) is 4.13. The summed E-state index contributed by atoms with van der Waals surface area (Å²) in [5, 5.41) is 3.90. The normalized spacial score (nSPS) is 13.6. The Morgan fingerprint density at radius 3 is 2.73 bits per heavy atom. The number of fused-ring (bicyclic) bond motifs is 1. The molecule has 2 heterocycles. The van der Waals surface area contributed by atoms with E-state index in [1.807, 2.05) is 0 Å². The van der Waals surface area contributed by atoms with Crippen LogP contribution in [0.25, 0.3) is 0 Å². The molecule has 1 N–H and O–H groups in total. The first-order valence-electron chi connectivity index (χ1n) is 6.84. The van der Waals surface area contributed by atoms with Gasteiger partial charge >= 0.3 is 0 Å². The van der Waals surface area contributed by atoms with E-state index in [2.05, 4.69) is 10.3 Å². The number of halogens is 1. The number of rotatable bonds is 2. The second kappa shape index (κ2) is 6.06. The molecule has 0 atom stereocenters. The van der Waals surface area contributed by atoms with Crippen molar-refractivity contribution < 1.29 is 9.59 Å². The fourth-order valence-electron chi connectivity index (χ4n) is 2.35. The molecule has 1 aromatic carbocycles. The van der Waals surface area contributed by atoms with Gasteiger partial charge in [0, 0.05) is 35.4 Å². The van der Waals surface area contributed by atoms with Crippen LogP contribution < -0.4 is 5.32 Å². The molecule has 0 radical (unpaired) electrons. The van der Waals surface area contributed by atoms with Gasteiger partial charge < -0.3 is 10.2 Å². The highest BCUT2D eigenvalue weighted by Crippen LogP contribution is 2.29. The zero-order valence-corrected chi connectivity index (χ0v) is 13.5. The number of thiazole rings is 1. The van der Waals surface area contributed by atoms with Gasteiger partial charge in [-0.25, -0.2) is 4.98 Å². The van der Waals surface area contributed by atoms with Crippen LogP contribution in [0.3, 0.4) is 0 Å². The number of hydrogen-bond donors (Lipinski definition) is 1. The number of amides is 2. The number of benzene rings is 1. The number of anilines is 1. The average Bonchev–Trinajstić information content (AvgIpc) is 2.87. The molecule has 0 spiro atoms. The Bertz CT molecular complexity index is 727. The van der Waals surface area contributed by atoms with Gasteiger partial charge in [0.15, 0.2) is 5.13 Å². The lowest BCUT2D eigenvalue weighted by atomic mass is 10.1. The zero-order chi connectivity index (χ0) is 15.7. The lowest BCUT2D eigenvalue weighted by Gasteiger charge is -2.26. The van der Waals surface area contributed by atoms with E-state index in [1.54, 1.807) is 29.2 Å². The molecule has 3 rings (SSSR count). The van der Waals surface area contributed by atoms with Gasteiger partial charge in [0.2, 0.25) is 5.91 Å². The Morgan fingerprint density at radius 2 is 2.05 bits per heavy atom. The monoisotopic (exact) mass is 335 g/mol. The van der Waals surface area contributed by atoms with Crippen molar-refractivity contribution in [2.75, 3.05) is 11.9 Å². The lowest BCUT2D eigenvalue weighted by molar-refractivity contribution is -0.114. The number of hydrogen-bond acceptors (Lipinski definition) is 4. The van der Waals surface area contributed by atoms with Crippen LogP contribution in [0, 0.1) is 0 Å². The van der Waals surface area contributed by atoms with Crippen molar-refractivity contribution in [1.82, 2.24) is 9.88 Å². The molecule has 7 heteroatoms. The molecule has 1 aliphatic heterocycles. The van der Waals surface area contributed by atoms with Crippen LogP contribution in [0.4, 0.5) is 5.13 Å². The van der Waals surface area contributed by atoms with E-state index in [1.165, 1.54) is 18.3 Å². The predicted molar refractivity (Wildman–Crippen MR) is 86.3 cm³/mol. The molecule has 2 aromatic rings.